The molecular weight excluding hydrogens is 450 g/mol. The molecule has 0 radical (unpaired) electrons. The highest BCUT2D eigenvalue weighted by Gasteiger charge is 2.34. The Balaban J connectivity index is 1.66. The fourth-order valence-electron chi connectivity index (χ4n) is 4.24. The van der Waals surface area contributed by atoms with E-state index in [1.54, 1.807) is 0 Å². The van der Waals surface area contributed by atoms with E-state index in [4.69, 9.17) is 0 Å². The van der Waals surface area contributed by atoms with E-state index >= 15 is 0 Å². The number of carbonyl (C=O) groups is 1. The second kappa shape index (κ2) is 10.6. The summed E-state index contributed by atoms with van der Waals surface area (Å²) in [5, 5.41) is 3.11. The first-order valence-corrected chi connectivity index (χ1v) is 14.4. The lowest BCUT2D eigenvalue weighted by Crippen LogP contribution is -2.47. The Morgan fingerprint density at radius 2 is 1.59 bits per heavy atom. The van der Waals surface area contributed by atoms with Crippen LogP contribution in [-0.4, -0.2) is 52.7 Å². The molecule has 1 amide bonds. The number of hydrogen-bond donors (Lipinski definition) is 2. The largest absolute Gasteiger partial charge is 0.353 e. The first-order chi connectivity index (χ1) is 15.1. The molecule has 1 aliphatic heterocycles. The minimum absolute atomic E-state index is 0.0282. The standard InChI is InChI=1S/C22H35N3O5S2/c1-17(2)15-23-31(27,28)20-10-12-21(13-11-20)32(29,30)25-14-6-7-18(16-25)22(26)24-19-8-4-3-5-9-19/h10-13,17-19,23H,3-9,14-16H2,1-2H3,(H,24,26). The van der Waals surface area contributed by atoms with Crippen LogP contribution in [0.4, 0.5) is 0 Å². The summed E-state index contributed by atoms with van der Waals surface area (Å²) in [6.07, 6.45) is 6.71. The van der Waals surface area contributed by atoms with Crippen LogP contribution in [0.15, 0.2) is 34.1 Å². The average Bonchev–Trinajstić information content (AvgIpc) is 2.78. The van der Waals surface area contributed by atoms with Gasteiger partial charge in [0.05, 0.1) is 15.7 Å². The van der Waals surface area contributed by atoms with Gasteiger partial charge in [-0.1, -0.05) is 33.1 Å². The number of benzene rings is 1. The fraction of sp³-hybridized carbons (Fsp3) is 0.682. The van der Waals surface area contributed by atoms with Crippen LogP contribution < -0.4 is 10.0 Å². The van der Waals surface area contributed by atoms with Gasteiger partial charge in [0.2, 0.25) is 26.0 Å². The van der Waals surface area contributed by atoms with E-state index in [0.29, 0.717) is 25.9 Å². The van der Waals surface area contributed by atoms with Crippen molar-refractivity contribution in [2.75, 3.05) is 19.6 Å². The number of piperidine rings is 1. The molecule has 1 saturated carbocycles. The van der Waals surface area contributed by atoms with Gasteiger partial charge in [-0.25, -0.2) is 21.6 Å². The molecule has 2 fully saturated rings. The normalized spacial score (nSPS) is 21.5. The maximum atomic E-state index is 13.2. The monoisotopic (exact) mass is 485 g/mol. The Labute approximate surface area is 192 Å². The molecule has 1 unspecified atom stereocenters. The second-order valence-corrected chi connectivity index (χ2v) is 13.0. The summed E-state index contributed by atoms with van der Waals surface area (Å²) >= 11 is 0. The molecule has 1 aromatic carbocycles. The van der Waals surface area contributed by atoms with E-state index < -0.39 is 20.0 Å². The van der Waals surface area contributed by atoms with Gasteiger partial charge < -0.3 is 5.32 Å². The van der Waals surface area contributed by atoms with Gasteiger partial charge in [-0.3, -0.25) is 4.79 Å². The molecule has 3 rings (SSSR count). The van der Waals surface area contributed by atoms with Crippen molar-refractivity contribution in [1.82, 2.24) is 14.3 Å². The van der Waals surface area contributed by atoms with Crippen LogP contribution in [0.5, 0.6) is 0 Å². The van der Waals surface area contributed by atoms with Crippen molar-refractivity contribution < 1.29 is 21.6 Å². The lowest BCUT2D eigenvalue weighted by molar-refractivity contribution is -0.127. The summed E-state index contributed by atoms with van der Waals surface area (Å²) in [6.45, 7) is 4.61. The fourth-order valence-corrected chi connectivity index (χ4v) is 6.98. The number of sulfonamides is 2. The highest BCUT2D eigenvalue weighted by Crippen LogP contribution is 2.26. The van der Waals surface area contributed by atoms with Crippen molar-refractivity contribution in [3.8, 4) is 0 Å². The zero-order valence-corrected chi connectivity index (χ0v) is 20.6. The van der Waals surface area contributed by atoms with Gasteiger partial charge in [0.1, 0.15) is 0 Å². The van der Waals surface area contributed by atoms with Crippen molar-refractivity contribution in [2.24, 2.45) is 11.8 Å². The number of amides is 1. The summed E-state index contributed by atoms with van der Waals surface area (Å²) in [5.74, 6) is -0.262. The van der Waals surface area contributed by atoms with Gasteiger partial charge >= 0.3 is 0 Å². The third-order valence-electron chi connectivity index (χ3n) is 6.16. The molecule has 0 aromatic heterocycles. The minimum atomic E-state index is -3.81. The van der Waals surface area contributed by atoms with Gasteiger partial charge in [0.25, 0.3) is 0 Å². The Morgan fingerprint density at radius 1 is 0.969 bits per heavy atom. The van der Waals surface area contributed by atoms with Gasteiger partial charge in [-0.05, 0) is 55.9 Å². The summed E-state index contributed by atoms with van der Waals surface area (Å²) in [5.41, 5.74) is 0. The quantitative estimate of drug-likeness (QED) is 0.587. The third kappa shape index (κ3) is 6.30. The summed E-state index contributed by atoms with van der Waals surface area (Å²) < 4.78 is 54.9. The number of nitrogens with zero attached hydrogens (tertiary/aromatic N) is 1. The zero-order chi connectivity index (χ0) is 23.4. The molecule has 2 N–H and O–H groups in total. The molecule has 0 bridgehead atoms. The van der Waals surface area contributed by atoms with Crippen LogP contribution in [0.3, 0.4) is 0 Å². The van der Waals surface area contributed by atoms with Crippen LogP contribution in [0, 0.1) is 11.8 Å². The molecule has 1 heterocycles. The van der Waals surface area contributed by atoms with E-state index in [1.807, 2.05) is 13.8 Å². The van der Waals surface area contributed by atoms with Crippen molar-refractivity contribution in [2.45, 2.75) is 74.6 Å². The maximum absolute atomic E-state index is 13.2. The minimum Gasteiger partial charge on any atom is -0.353 e. The van der Waals surface area contributed by atoms with E-state index in [0.717, 1.165) is 25.7 Å². The van der Waals surface area contributed by atoms with Crippen molar-refractivity contribution in [3.63, 3.8) is 0 Å². The zero-order valence-electron chi connectivity index (χ0n) is 18.9. The van der Waals surface area contributed by atoms with Gasteiger partial charge in [0.15, 0.2) is 0 Å². The van der Waals surface area contributed by atoms with E-state index in [1.165, 1.54) is 35.0 Å². The number of nitrogens with one attached hydrogen (secondary N) is 2. The number of rotatable bonds is 8. The first kappa shape index (κ1) is 25.1. The lowest BCUT2D eigenvalue weighted by Gasteiger charge is -2.32. The molecule has 1 saturated heterocycles. The van der Waals surface area contributed by atoms with Crippen LogP contribution in [0.1, 0.15) is 58.8 Å². The Kier molecular flexibility index (Phi) is 8.35. The second-order valence-electron chi connectivity index (χ2n) is 9.26. The van der Waals surface area contributed by atoms with Crippen molar-refractivity contribution >= 4 is 26.0 Å². The van der Waals surface area contributed by atoms with Crippen molar-refractivity contribution in [3.05, 3.63) is 24.3 Å². The maximum Gasteiger partial charge on any atom is 0.243 e. The summed E-state index contributed by atoms with van der Waals surface area (Å²) in [4.78, 5) is 12.8. The molecule has 2 aliphatic rings. The predicted octanol–water partition coefficient (Wildman–Crippen LogP) is 2.47. The average molecular weight is 486 g/mol. The van der Waals surface area contributed by atoms with E-state index in [-0.39, 0.29) is 40.1 Å². The first-order valence-electron chi connectivity index (χ1n) is 11.5. The lowest BCUT2D eigenvalue weighted by atomic mass is 9.93. The SMILES string of the molecule is CC(C)CNS(=O)(=O)c1ccc(S(=O)(=O)N2CCCC(C(=O)NC3CCCCC3)C2)cc1. The van der Waals surface area contributed by atoms with Crippen LogP contribution in [0.2, 0.25) is 0 Å². The van der Waals surface area contributed by atoms with E-state index in [2.05, 4.69) is 10.0 Å². The molecule has 1 aromatic rings. The number of carbonyl (C=O) groups excluding carboxylic acids is 1. The van der Waals surface area contributed by atoms with Crippen molar-refractivity contribution in [1.29, 1.82) is 0 Å². The van der Waals surface area contributed by atoms with Gasteiger partial charge in [0, 0.05) is 25.7 Å². The summed E-state index contributed by atoms with van der Waals surface area (Å²) in [7, 11) is -7.50. The molecule has 10 heteroatoms. The molecule has 0 spiro atoms. The number of hydrogen-bond acceptors (Lipinski definition) is 5. The molecule has 32 heavy (non-hydrogen) atoms. The van der Waals surface area contributed by atoms with E-state index in [9.17, 15) is 21.6 Å². The Bertz CT molecular complexity index is 985. The van der Waals surface area contributed by atoms with Crippen LogP contribution in [0.25, 0.3) is 0 Å². The van der Waals surface area contributed by atoms with Gasteiger partial charge in [-0.15, -0.1) is 0 Å². The molecular formula is C22H35N3O5S2. The molecule has 1 atom stereocenters. The Morgan fingerprint density at radius 3 is 2.22 bits per heavy atom. The highest BCUT2D eigenvalue weighted by atomic mass is 32.2. The molecule has 1 aliphatic carbocycles. The van der Waals surface area contributed by atoms with Crippen LogP contribution >= 0.6 is 0 Å². The summed E-state index contributed by atoms with van der Waals surface area (Å²) in [6, 6.07) is 5.47. The van der Waals surface area contributed by atoms with Crippen LogP contribution in [-0.2, 0) is 24.8 Å². The Hall–Kier alpha value is -1.49. The molecule has 180 valence electrons. The topological polar surface area (TPSA) is 113 Å². The predicted molar refractivity (Wildman–Crippen MR) is 123 cm³/mol. The van der Waals surface area contributed by atoms with Gasteiger partial charge in [-0.2, -0.15) is 4.31 Å². The highest BCUT2D eigenvalue weighted by molar-refractivity contribution is 7.89. The smallest absolute Gasteiger partial charge is 0.243 e. The third-order valence-corrected chi connectivity index (χ3v) is 9.48. The molecule has 8 nitrogen and oxygen atoms in total.